The molecule has 0 saturated heterocycles. The minimum atomic E-state index is -1.51. The number of carbonyl (C=O) groups is 7. The predicted molar refractivity (Wildman–Crippen MR) is 223 cm³/mol. The SMILES string of the molecule is C[C@H](NC(=O)CCCCCN1C(=O)C=CC1=O)C(=O)N[C@@H](C)C(=O)N[C@@H](CC(=O)NC(c1ccccc1)(c1ccccc1)c1ccccc1)C(=O)NC(O)c1ccccc1. The van der Waals surface area contributed by atoms with E-state index in [1.165, 1.54) is 26.0 Å². The highest BCUT2D eigenvalue weighted by molar-refractivity contribution is 6.12. The van der Waals surface area contributed by atoms with Crippen LogP contribution in [0.3, 0.4) is 0 Å². The number of hydrogen-bond donors (Lipinski definition) is 6. The Bertz CT molecular complexity index is 2040. The molecular formula is C46H50N6O8. The summed E-state index contributed by atoms with van der Waals surface area (Å²) in [7, 11) is 0. The highest BCUT2D eigenvalue weighted by atomic mass is 16.3. The van der Waals surface area contributed by atoms with E-state index in [1.807, 2.05) is 91.0 Å². The fraction of sp³-hybridized carbons (Fsp3) is 0.283. The van der Waals surface area contributed by atoms with E-state index in [-0.39, 0.29) is 24.8 Å². The van der Waals surface area contributed by atoms with Crippen LogP contribution in [-0.4, -0.2) is 76.0 Å². The zero-order chi connectivity index (χ0) is 43.1. The molecule has 6 N–H and O–H groups in total. The molecule has 7 amide bonds. The lowest BCUT2D eigenvalue weighted by Gasteiger charge is -2.37. The van der Waals surface area contributed by atoms with Crippen molar-refractivity contribution in [2.45, 2.75) is 75.8 Å². The molecule has 0 radical (unpaired) electrons. The molecular weight excluding hydrogens is 765 g/mol. The first-order valence-electron chi connectivity index (χ1n) is 19.8. The summed E-state index contributed by atoms with van der Waals surface area (Å²) in [5.41, 5.74) is 1.38. The maximum Gasteiger partial charge on any atom is 0.253 e. The van der Waals surface area contributed by atoms with Gasteiger partial charge in [-0.3, -0.25) is 38.5 Å². The van der Waals surface area contributed by atoms with Crippen LogP contribution in [0.25, 0.3) is 0 Å². The fourth-order valence-corrected chi connectivity index (χ4v) is 6.85. The van der Waals surface area contributed by atoms with Crippen LogP contribution in [0.5, 0.6) is 0 Å². The second kappa shape index (κ2) is 21.2. The van der Waals surface area contributed by atoms with Crippen molar-refractivity contribution >= 4 is 41.4 Å². The lowest BCUT2D eigenvalue weighted by atomic mass is 9.77. The van der Waals surface area contributed by atoms with Gasteiger partial charge >= 0.3 is 0 Å². The van der Waals surface area contributed by atoms with Crippen LogP contribution in [0.2, 0.25) is 0 Å². The molecule has 5 rings (SSSR count). The van der Waals surface area contributed by atoms with Gasteiger partial charge in [-0.05, 0) is 43.4 Å². The quantitative estimate of drug-likeness (QED) is 0.0338. The van der Waals surface area contributed by atoms with Gasteiger partial charge in [0.15, 0.2) is 6.23 Å². The molecule has 14 heteroatoms. The van der Waals surface area contributed by atoms with Crippen molar-refractivity contribution in [3.05, 3.63) is 156 Å². The van der Waals surface area contributed by atoms with Gasteiger partial charge < -0.3 is 31.7 Å². The summed E-state index contributed by atoms with van der Waals surface area (Å²) in [6.07, 6.45) is 2.07. The van der Waals surface area contributed by atoms with Gasteiger partial charge in [0.05, 0.1) is 6.42 Å². The van der Waals surface area contributed by atoms with Gasteiger partial charge in [-0.1, -0.05) is 128 Å². The minimum absolute atomic E-state index is 0.0988. The number of benzene rings is 4. The van der Waals surface area contributed by atoms with Crippen LogP contribution in [-0.2, 0) is 39.1 Å². The highest BCUT2D eigenvalue weighted by Gasteiger charge is 2.39. The van der Waals surface area contributed by atoms with E-state index in [0.717, 1.165) is 21.6 Å². The Balaban J connectivity index is 1.26. The van der Waals surface area contributed by atoms with E-state index in [1.54, 1.807) is 30.3 Å². The first-order valence-corrected chi connectivity index (χ1v) is 19.8. The van der Waals surface area contributed by atoms with Crippen molar-refractivity contribution in [2.75, 3.05) is 6.54 Å². The monoisotopic (exact) mass is 814 g/mol. The molecule has 60 heavy (non-hydrogen) atoms. The van der Waals surface area contributed by atoms with E-state index in [2.05, 4.69) is 26.6 Å². The number of nitrogens with zero attached hydrogens (tertiary/aromatic N) is 1. The Morgan fingerprint density at radius 3 is 1.55 bits per heavy atom. The Hall–Kier alpha value is -6.93. The standard InChI is InChI=1S/C46H50N6O8/c1-31(47-38(53)26-16-7-17-29-52-40(55)27-28-41(52)56)42(57)48-32(2)43(58)49-37(45(60)50-44(59)33-18-8-3-9-19-33)30-39(54)51-46(34-20-10-4-11-21-34,35-22-12-5-13-23-35)36-24-14-6-15-25-36/h3-6,8-15,18-25,27-28,31-32,37,44,59H,7,16-17,26,29-30H2,1-2H3,(H,47,53)(H,48,57)(H,49,58)(H,50,60)(H,51,54)/t31-,32-,37-,44?/m0/s1. The summed E-state index contributed by atoms with van der Waals surface area (Å²) in [5, 5.41) is 24.3. The second-order valence-electron chi connectivity index (χ2n) is 14.5. The minimum Gasteiger partial charge on any atom is -0.369 e. The Kier molecular flexibility index (Phi) is 15.6. The Morgan fingerprint density at radius 2 is 1.03 bits per heavy atom. The summed E-state index contributed by atoms with van der Waals surface area (Å²) >= 11 is 0. The van der Waals surface area contributed by atoms with Crippen LogP contribution in [0.15, 0.2) is 133 Å². The summed E-state index contributed by atoms with van der Waals surface area (Å²) in [6, 6.07) is 32.7. The molecule has 1 aliphatic heterocycles. The molecule has 14 nitrogen and oxygen atoms in total. The fourth-order valence-electron chi connectivity index (χ4n) is 6.85. The zero-order valence-corrected chi connectivity index (χ0v) is 33.5. The normalized spacial score (nSPS) is 14.3. The molecule has 0 aliphatic carbocycles. The van der Waals surface area contributed by atoms with Crippen molar-refractivity contribution in [1.82, 2.24) is 31.5 Å². The van der Waals surface area contributed by atoms with E-state index in [0.29, 0.717) is 24.8 Å². The molecule has 4 atom stereocenters. The summed E-state index contributed by atoms with van der Waals surface area (Å²) in [5.74, 6) is -4.05. The highest BCUT2D eigenvalue weighted by Crippen LogP contribution is 2.37. The van der Waals surface area contributed by atoms with Gasteiger partial charge in [0.1, 0.15) is 23.7 Å². The first kappa shape index (κ1) is 44.2. The molecule has 0 bridgehead atoms. The van der Waals surface area contributed by atoms with Crippen molar-refractivity contribution in [3.63, 3.8) is 0 Å². The smallest absolute Gasteiger partial charge is 0.253 e. The molecule has 0 fully saturated rings. The molecule has 1 unspecified atom stereocenters. The van der Waals surface area contributed by atoms with E-state index >= 15 is 0 Å². The number of rotatable bonds is 20. The van der Waals surface area contributed by atoms with Crippen LogP contribution >= 0.6 is 0 Å². The number of carbonyl (C=O) groups excluding carboxylic acids is 7. The predicted octanol–water partition coefficient (Wildman–Crippen LogP) is 3.27. The molecule has 0 aromatic heterocycles. The van der Waals surface area contributed by atoms with Gasteiger partial charge in [0.25, 0.3) is 11.8 Å². The molecule has 4 aromatic carbocycles. The zero-order valence-electron chi connectivity index (χ0n) is 33.5. The number of nitrogens with one attached hydrogen (secondary N) is 5. The second-order valence-corrected chi connectivity index (χ2v) is 14.5. The third kappa shape index (κ3) is 11.6. The lowest BCUT2D eigenvalue weighted by molar-refractivity contribution is -0.137. The molecule has 1 heterocycles. The van der Waals surface area contributed by atoms with Crippen LogP contribution < -0.4 is 26.6 Å². The van der Waals surface area contributed by atoms with Gasteiger partial charge in [0.2, 0.25) is 29.5 Å². The van der Waals surface area contributed by atoms with Crippen molar-refractivity contribution in [2.24, 2.45) is 0 Å². The van der Waals surface area contributed by atoms with Gasteiger partial charge in [-0.2, -0.15) is 0 Å². The summed E-state index contributed by atoms with van der Waals surface area (Å²) < 4.78 is 0. The van der Waals surface area contributed by atoms with E-state index in [4.69, 9.17) is 0 Å². The Labute approximate surface area is 348 Å². The molecule has 4 aromatic rings. The van der Waals surface area contributed by atoms with E-state index < -0.39 is 65.8 Å². The first-order chi connectivity index (χ1) is 28.9. The molecule has 312 valence electrons. The van der Waals surface area contributed by atoms with Crippen LogP contribution in [0.1, 0.15) is 74.4 Å². The van der Waals surface area contributed by atoms with Crippen LogP contribution in [0.4, 0.5) is 0 Å². The summed E-state index contributed by atoms with van der Waals surface area (Å²) in [4.78, 5) is 92.0. The number of aliphatic hydroxyl groups excluding tert-OH is 1. The third-order valence-corrected chi connectivity index (χ3v) is 10.1. The topological polar surface area (TPSA) is 203 Å². The number of unbranched alkanes of at least 4 members (excludes halogenated alkanes) is 2. The average Bonchev–Trinajstić information content (AvgIpc) is 3.58. The number of imide groups is 1. The van der Waals surface area contributed by atoms with Gasteiger partial charge in [0, 0.05) is 30.7 Å². The van der Waals surface area contributed by atoms with Gasteiger partial charge in [-0.25, -0.2) is 0 Å². The number of amides is 7. The molecule has 0 spiro atoms. The lowest BCUT2D eigenvalue weighted by Crippen LogP contribution is -2.57. The van der Waals surface area contributed by atoms with E-state index in [9.17, 15) is 38.7 Å². The molecule has 0 saturated carbocycles. The largest absolute Gasteiger partial charge is 0.369 e. The van der Waals surface area contributed by atoms with Crippen molar-refractivity contribution in [3.8, 4) is 0 Å². The van der Waals surface area contributed by atoms with Crippen molar-refractivity contribution in [1.29, 1.82) is 0 Å². The maximum absolute atomic E-state index is 14.3. The maximum atomic E-state index is 14.3. The third-order valence-electron chi connectivity index (χ3n) is 10.1. The van der Waals surface area contributed by atoms with Crippen molar-refractivity contribution < 1.29 is 38.7 Å². The number of hydrogen-bond acceptors (Lipinski definition) is 8. The number of aliphatic hydroxyl groups is 1. The van der Waals surface area contributed by atoms with Crippen LogP contribution in [0, 0.1) is 0 Å². The summed E-state index contributed by atoms with van der Waals surface area (Å²) in [6.45, 7) is 3.10. The molecule has 1 aliphatic rings. The Morgan fingerprint density at radius 1 is 0.567 bits per heavy atom. The van der Waals surface area contributed by atoms with Gasteiger partial charge in [-0.15, -0.1) is 0 Å². The average molecular weight is 815 g/mol.